The van der Waals surface area contributed by atoms with E-state index in [-0.39, 0.29) is 11.3 Å². The first-order valence-corrected chi connectivity index (χ1v) is 6.57. The van der Waals surface area contributed by atoms with Gasteiger partial charge in [0.25, 0.3) is 5.69 Å². The van der Waals surface area contributed by atoms with Crippen LogP contribution < -0.4 is 0 Å². The number of hydrogen-bond donors (Lipinski definition) is 0. The highest BCUT2D eigenvalue weighted by atomic mass is 16.6. The minimum Gasteiger partial charge on any atom is -0.462 e. The van der Waals surface area contributed by atoms with Gasteiger partial charge in [0.1, 0.15) is 5.56 Å². The van der Waals surface area contributed by atoms with Crippen LogP contribution in [-0.4, -0.2) is 17.5 Å². The Morgan fingerprint density at radius 2 is 1.89 bits per heavy atom. The normalized spacial score (nSPS) is 10.2. The number of rotatable bonds is 8. The van der Waals surface area contributed by atoms with Crippen molar-refractivity contribution in [2.24, 2.45) is 0 Å². The number of carbonyl (C=O) groups is 1. The summed E-state index contributed by atoms with van der Waals surface area (Å²) in [6, 6.07) is 5.83. The summed E-state index contributed by atoms with van der Waals surface area (Å²) in [4.78, 5) is 21.9. The second kappa shape index (κ2) is 8.24. The lowest BCUT2D eigenvalue weighted by molar-refractivity contribution is -0.385. The Hall–Kier alpha value is -1.91. The maximum absolute atomic E-state index is 11.7. The summed E-state index contributed by atoms with van der Waals surface area (Å²) in [6.07, 6.45) is 5.28. The molecule has 1 aromatic rings. The van der Waals surface area contributed by atoms with Crippen molar-refractivity contribution >= 4 is 11.7 Å². The average Bonchev–Trinajstić information content (AvgIpc) is 2.42. The monoisotopic (exact) mass is 265 g/mol. The van der Waals surface area contributed by atoms with Crippen LogP contribution in [0.3, 0.4) is 0 Å². The molecular weight excluding hydrogens is 246 g/mol. The minimum absolute atomic E-state index is 0.0149. The van der Waals surface area contributed by atoms with Crippen molar-refractivity contribution in [2.45, 2.75) is 39.0 Å². The molecule has 0 heterocycles. The fraction of sp³-hybridized carbons (Fsp3) is 0.500. The number of ether oxygens (including phenoxy) is 1. The number of carbonyl (C=O) groups excluding carboxylic acids is 1. The van der Waals surface area contributed by atoms with Gasteiger partial charge in [-0.3, -0.25) is 10.1 Å². The van der Waals surface area contributed by atoms with Gasteiger partial charge >= 0.3 is 5.97 Å². The molecule has 1 rings (SSSR count). The molecule has 0 atom stereocenters. The Bertz CT molecular complexity index is 431. The highest BCUT2D eigenvalue weighted by Crippen LogP contribution is 2.18. The Morgan fingerprint density at radius 1 is 1.21 bits per heavy atom. The molecule has 0 spiro atoms. The summed E-state index contributed by atoms with van der Waals surface area (Å²) in [7, 11) is 0. The number of nitro benzene ring substituents is 1. The van der Waals surface area contributed by atoms with Crippen molar-refractivity contribution < 1.29 is 14.5 Å². The van der Waals surface area contributed by atoms with E-state index in [4.69, 9.17) is 4.74 Å². The van der Waals surface area contributed by atoms with Crippen LogP contribution in [0.5, 0.6) is 0 Å². The Balaban J connectivity index is 2.43. The summed E-state index contributed by atoms with van der Waals surface area (Å²) in [5, 5.41) is 10.8. The van der Waals surface area contributed by atoms with E-state index in [9.17, 15) is 14.9 Å². The molecule has 1 aromatic carbocycles. The fourth-order valence-corrected chi connectivity index (χ4v) is 1.75. The van der Waals surface area contributed by atoms with Crippen molar-refractivity contribution in [2.75, 3.05) is 6.61 Å². The molecule has 0 aliphatic heterocycles. The minimum atomic E-state index is -0.622. The molecule has 0 aliphatic carbocycles. The molecule has 0 aliphatic rings. The summed E-state index contributed by atoms with van der Waals surface area (Å²) in [5.41, 5.74) is -0.195. The van der Waals surface area contributed by atoms with Crippen LogP contribution in [0.15, 0.2) is 24.3 Å². The molecule has 0 N–H and O–H groups in total. The largest absolute Gasteiger partial charge is 0.462 e. The van der Waals surface area contributed by atoms with Gasteiger partial charge in [0.15, 0.2) is 0 Å². The molecule has 104 valence electrons. The van der Waals surface area contributed by atoms with Crippen molar-refractivity contribution in [3.05, 3.63) is 39.9 Å². The number of benzene rings is 1. The highest BCUT2D eigenvalue weighted by Gasteiger charge is 2.19. The number of esters is 1. The van der Waals surface area contributed by atoms with E-state index in [2.05, 4.69) is 6.92 Å². The van der Waals surface area contributed by atoms with E-state index in [0.717, 1.165) is 25.7 Å². The zero-order valence-electron chi connectivity index (χ0n) is 11.1. The standard InChI is InChI=1S/C14H19NO4/c1-2-3-4-5-8-11-19-14(16)12-9-6-7-10-13(12)15(17)18/h6-7,9-10H,2-5,8,11H2,1H3. The summed E-state index contributed by atoms with van der Waals surface area (Å²) in [6.45, 7) is 2.45. The van der Waals surface area contributed by atoms with Crippen LogP contribution in [-0.2, 0) is 4.74 Å². The Labute approximate surface area is 112 Å². The lowest BCUT2D eigenvalue weighted by Crippen LogP contribution is -2.09. The van der Waals surface area contributed by atoms with Crippen LogP contribution in [0.25, 0.3) is 0 Å². The van der Waals surface area contributed by atoms with Crippen LogP contribution in [0.2, 0.25) is 0 Å². The average molecular weight is 265 g/mol. The maximum Gasteiger partial charge on any atom is 0.345 e. The van der Waals surface area contributed by atoms with Crippen LogP contribution >= 0.6 is 0 Å². The fourth-order valence-electron chi connectivity index (χ4n) is 1.75. The second-order valence-corrected chi connectivity index (χ2v) is 4.32. The third-order valence-electron chi connectivity index (χ3n) is 2.80. The number of hydrogen-bond acceptors (Lipinski definition) is 4. The van der Waals surface area contributed by atoms with Crippen molar-refractivity contribution in [3.8, 4) is 0 Å². The third-order valence-corrected chi connectivity index (χ3v) is 2.80. The van der Waals surface area contributed by atoms with Gasteiger partial charge in [-0.2, -0.15) is 0 Å². The Kier molecular flexibility index (Phi) is 6.57. The molecule has 0 unspecified atom stereocenters. The SMILES string of the molecule is CCCCCCCOC(=O)c1ccccc1[N+](=O)[O-]. The van der Waals surface area contributed by atoms with E-state index < -0.39 is 10.9 Å². The van der Waals surface area contributed by atoms with E-state index in [0.29, 0.717) is 6.61 Å². The first-order chi connectivity index (χ1) is 9.16. The number of nitrogens with zero attached hydrogens (tertiary/aromatic N) is 1. The molecule has 0 radical (unpaired) electrons. The van der Waals surface area contributed by atoms with Gasteiger partial charge in [-0.05, 0) is 12.5 Å². The summed E-state index contributed by atoms with van der Waals surface area (Å²) < 4.78 is 5.06. The third kappa shape index (κ3) is 5.07. The lowest BCUT2D eigenvalue weighted by atomic mass is 10.1. The van der Waals surface area contributed by atoms with E-state index in [1.54, 1.807) is 6.07 Å². The van der Waals surface area contributed by atoms with E-state index in [1.807, 2.05) is 0 Å². The van der Waals surface area contributed by atoms with Crippen molar-refractivity contribution in [1.29, 1.82) is 0 Å². The van der Waals surface area contributed by atoms with E-state index in [1.165, 1.54) is 24.6 Å². The number of para-hydroxylation sites is 1. The Morgan fingerprint density at radius 3 is 2.58 bits per heavy atom. The molecule has 0 amide bonds. The molecule has 5 nitrogen and oxygen atoms in total. The maximum atomic E-state index is 11.7. The van der Waals surface area contributed by atoms with Gasteiger partial charge in [-0.25, -0.2) is 4.79 Å². The molecule has 0 saturated carbocycles. The lowest BCUT2D eigenvalue weighted by Gasteiger charge is -2.05. The molecule has 0 aromatic heterocycles. The first kappa shape index (κ1) is 15.1. The van der Waals surface area contributed by atoms with Gasteiger partial charge in [-0.1, -0.05) is 44.7 Å². The van der Waals surface area contributed by atoms with Crippen molar-refractivity contribution in [1.82, 2.24) is 0 Å². The van der Waals surface area contributed by atoms with Crippen LogP contribution in [0, 0.1) is 10.1 Å². The van der Waals surface area contributed by atoms with Crippen LogP contribution in [0.4, 0.5) is 5.69 Å². The van der Waals surface area contributed by atoms with Gasteiger partial charge < -0.3 is 4.74 Å². The molecule has 0 fully saturated rings. The predicted molar refractivity (Wildman–Crippen MR) is 72.1 cm³/mol. The van der Waals surface area contributed by atoms with E-state index >= 15 is 0 Å². The quantitative estimate of drug-likeness (QED) is 0.311. The summed E-state index contributed by atoms with van der Waals surface area (Å²) in [5.74, 6) is -0.622. The second-order valence-electron chi connectivity index (χ2n) is 4.32. The zero-order valence-corrected chi connectivity index (χ0v) is 11.1. The summed E-state index contributed by atoms with van der Waals surface area (Å²) >= 11 is 0. The van der Waals surface area contributed by atoms with Gasteiger partial charge in [0, 0.05) is 6.07 Å². The zero-order chi connectivity index (χ0) is 14.1. The topological polar surface area (TPSA) is 69.4 Å². The number of nitro groups is 1. The van der Waals surface area contributed by atoms with Gasteiger partial charge in [-0.15, -0.1) is 0 Å². The van der Waals surface area contributed by atoms with Gasteiger partial charge in [0.05, 0.1) is 11.5 Å². The molecule has 5 heteroatoms. The molecular formula is C14H19NO4. The molecule has 0 saturated heterocycles. The predicted octanol–water partition coefficient (Wildman–Crippen LogP) is 3.72. The first-order valence-electron chi connectivity index (χ1n) is 6.57. The van der Waals surface area contributed by atoms with Crippen LogP contribution in [0.1, 0.15) is 49.4 Å². The highest BCUT2D eigenvalue weighted by molar-refractivity contribution is 5.93. The smallest absolute Gasteiger partial charge is 0.345 e. The van der Waals surface area contributed by atoms with Crippen molar-refractivity contribution in [3.63, 3.8) is 0 Å². The molecule has 19 heavy (non-hydrogen) atoms. The molecule has 0 bridgehead atoms. The number of unbranched alkanes of at least 4 members (excludes halogenated alkanes) is 4. The van der Waals surface area contributed by atoms with Gasteiger partial charge in [0.2, 0.25) is 0 Å².